The van der Waals surface area contributed by atoms with E-state index in [2.05, 4.69) is 15.3 Å². The minimum atomic E-state index is -0.376. The van der Waals surface area contributed by atoms with Gasteiger partial charge in [0, 0.05) is 33.2 Å². The molecule has 0 atom stereocenters. The molecule has 0 saturated heterocycles. The standard InChI is InChI=1S/C21H19N3O4S3/c1-3-27-17(25)8-13-10-29-20(23-13)24-19(26)18-15(11-31-21-22-12(2)9-30-21)14-6-4-5-7-16(14)28-18/h4-7,9-10H,3,8,11H2,1-2H3,(H,23,24,26). The number of aromatic nitrogens is 2. The zero-order valence-electron chi connectivity index (χ0n) is 16.8. The molecule has 0 radical (unpaired) electrons. The van der Waals surface area contributed by atoms with Gasteiger partial charge in [0.1, 0.15) is 9.92 Å². The van der Waals surface area contributed by atoms with Crippen molar-refractivity contribution in [3.63, 3.8) is 0 Å². The van der Waals surface area contributed by atoms with Gasteiger partial charge in [-0.25, -0.2) is 9.97 Å². The van der Waals surface area contributed by atoms with Crippen LogP contribution in [0.15, 0.2) is 43.8 Å². The summed E-state index contributed by atoms with van der Waals surface area (Å²) < 4.78 is 11.8. The highest BCUT2D eigenvalue weighted by Gasteiger charge is 2.22. The van der Waals surface area contributed by atoms with E-state index in [9.17, 15) is 9.59 Å². The molecule has 0 aliphatic carbocycles. The summed E-state index contributed by atoms with van der Waals surface area (Å²) in [5, 5.41) is 7.82. The number of carbonyl (C=O) groups excluding carboxylic acids is 2. The summed E-state index contributed by atoms with van der Waals surface area (Å²) in [4.78, 5) is 33.4. The first-order chi connectivity index (χ1) is 15.0. The van der Waals surface area contributed by atoms with E-state index in [1.54, 1.807) is 35.4 Å². The molecule has 0 aliphatic rings. The van der Waals surface area contributed by atoms with E-state index in [4.69, 9.17) is 9.15 Å². The molecule has 0 saturated carbocycles. The summed E-state index contributed by atoms with van der Waals surface area (Å²) >= 11 is 4.40. The number of carbonyl (C=O) groups is 2. The first kappa shape index (κ1) is 21.5. The number of hydrogen-bond donors (Lipinski definition) is 1. The molecule has 1 aromatic carbocycles. The number of hydrogen-bond acceptors (Lipinski definition) is 9. The Balaban J connectivity index is 1.53. The van der Waals surface area contributed by atoms with Crippen LogP contribution in [0.5, 0.6) is 0 Å². The summed E-state index contributed by atoms with van der Waals surface area (Å²) in [5.41, 5.74) is 3.00. The minimum absolute atomic E-state index is 0.0694. The smallest absolute Gasteiger partial charge is 0.311 e. The fourth-order valence-corrected chi connectivity index (χ4v) is 5.50. The van der Waals surface area contributed by atoms with Crippen molar-refractivity contribution < 1.29 is 18.7 Å². The lowest BCUT2D eigenvalue weighted by atomic mass is 10.1. The number of nitrogens with zero attached hydrogens (tertiary/aromatic N) is 2. The average molecular weight is 474 g/mol. The summed E-state index contributed by atoms with van der Waals surface area (Å²) in [5.74, 6) is 0.0848. The van der Waals surface area contributed by atoms with Crippen LogP contribution in [0, 0.1) is 6.92 Å². The van der Waals surface area contributed by atoms with Crippen LogP contribution in [0.25, 0.3) is 11.0 Å². The predicted octanol–water partition coefficient (Wildman–Crippen LogP) is 5.30. The number of anilines is 1. The van der Waals surface area contributed by atoms with E-state index in [0.717, 1.165) is 21.0 Å². The molecule has 7 nitrogen and oxygen atoms in total. The Morgan fingerprint density at radius 2 is 2.03 bits per heavy atom. The molecule has 0 unspecified atom stereocenters. The third-order valence-corrected chi connectivity index (χ3v) is 7.22. The highest BCUT2D eigenvalue weighted by atomic mass is 32.2. The maximum absolute atomic E-state index is 13.0. The zero-order valence-corrected chi connectivity index (χ0v) is 19.3. The van der Waals surface area contributed by atoms with Crippen molar-refractivity contribution >= 4 is 62.4 Å². The first-order valence-electron chi connectivity index (χ1n) is 9.50. The molecule has 0 spiro atoms. The van der Waals surface area contributed by atoms with Crippen LogP contribution >= 0.6 is 34.4 Å². The number of benzene rings is 1. The number of fused-ring (bicyclic) bond motifs is 1. The SMILES string of the molecule is CCOC(=O)Cc1csc(NC(=O)c2oc3ccccc3c2CSc2nc(C)cs2)n1. The minimum Gasteiger partial charge on any atom is -0.466 e. The summed E-state index contributed by atoms with van der Waals surface area (Å²) in [7, 11) is 0. The van der Waals surface area contributed by atoms with E-state index in [0.29, 0.717) is 28.8 Å². The Morgan fingerprint density at radius 1 is 1.19 bits per heavy atom. The maximum atomic E-state index is 13.0. The Bertz CT molecular complexity index is 1230. The van der Waals surface area contributed by atoms with Crippen molar-refractivity contribution in [1.82, 2.24) is 9.97 Å². The van der Waals surface area contributed by atoms with Crippen molar-refractivity contribution in [2.45, 2.75) is 30.4 Å². The second-order valence-corrected chi connectivity index (χ2v) is 9.47. The van der Waals surface area contributed by atoms with Gasteiger partial charge in [0.2, 0.25) is 0 Å². The van der Waals surface area contributed by atoms with Gasteiger partial charge in [0.15, 0.2) is 10.9 Å². The molecule has 1 amide bonds. The first-order valence-corrected chi connectivity index (χ1v) is 12.2. The zero-order chi connectivity index (χ0) is 21.8. The fourth-order valence-electron chi connectivity index (χ4n) is 2.92. The van der Waals surface area contributed by atoms with Crippen LogP contribution in [0.2, 0.25) is 0 Å². The van der Waals surface area contributed by atoms with Crippen LogP contribution in [0.4, 0.5) is 5.13 Å². The van der Waals surface area contributed by atoms with Crippen molar-refractivity contribution in [2.24, 2.45) is 0 Å². The topological polar surface area (TPSA) is 94.3 Å². The number of rotatable bonds is 8. The van der Waals surface area contributed by atoms with Crippen molar-refractivity contribution in [2.75, 3.05) is 11.9 Å². The van der Waals surface area contributed by atoms with Gasteiger partial charge < -0.3 is 9.15 Å². The van der Waals surface area contributed by atoms with Crippen molar-refractivity contribution in [3.8, 4) is 0 Å². The Hall–Kier alpha value is -2.69. The summed E-state index contributed by atoms with van der Waals surface area (Å²) in [6.07, 6.45) is 0.0694. The fraction of sp³-hybridized carbons (Fsp3) is 0.238. The molecule has 0 bridgehead atoms. The van der Waals surface area contributed by atoms with Crippen LogP contribution < -0.4 is 5.32 Å². The molecule has 160 valence electrons. The molecule has 4 rings (SSSR count). The van der Waals surface area contributed by atoms with Crippen molar-refractivity contribution in [3.05, 3.63) is 57.7 Å². The normalized spacial score (nSPS) is 11.0. The van der Waals surface area contributed by atoms with Crippen LogP contribution in [-0.2, 0) is 21.7 Å². The van der Waals surface area contributed by atoms with E-state index >= 15 is 0 Å². The largest absolute Gasteiger partial charge is 0.466 e. The number of furan rings is 1. The Kier molecular flexibility index (Phi) is 6.69. The number of thioether (sulfide) groups is 1. The lowest BCUT2D eigenvalue weighted by Gasteiger charge is -2.03. The van der Waals surface area contributed by atoms with Crippen LogP contribution in [0.3, 0.4) is 0 Å². The number of thiazole rings is 2. The third kappa shape index (κ3) is 5.15. The predicted molar refractivity (Wildman–Crippen MR) is 123 cm³/mol. The molecule has 3 heterocycles. The van der Waals surface area contributed by atoms with Gasteiger partial charge in [-0.1, -0.05) is 30.0 Å². The summed E-state index contributed by atoms with van der Waals surface area (Å²) in [6.45, 7) is 4.03. The molecule has 4 aromatic rings. The highest BCUT2D eigenvalue weighted by molar-refractivity contribution is 8.00. The molecule has 10 heteroatoms. The summed E-state index contributed by atoms with van der Waals surface area (Å²) in [6, 6.07) is 7.58. The lowest BCUT2D eigenvalue weighted by Crippen LogP contribution is -2.13. The Morgan fingerprint density at radius 3 is 2.81 bits per heavy atom. The second kappa shape index (κ2) is 9.63. The van der Waals surface area contributed by atoms with Gasteiger partial charge >= 0.3 is 5.97 Å². The van der Waals surface area contributed by atoms with E-state index in [1.165, 1.54) is 11.3 Å². The number of nitrogens with one attached hydrogen (secondary N) is 1. The van der Waals surface area contributed by atoms with Gasteiger partial charge in [-0.15, -0.1) is 22.7 Å². The van der Waals surface area contributed by atoms with Gasteiger partial charge in [-0.3, -0.25) is 14.9 Å². The van der Waals surface area contributed by atoms with Gasteiger partial charge in [-0.05, 0) is 19.9 Å². The average Bonchev–Trinajstić information content (AvgIpc) is 3.45. The molecule has 0 aliphatic heterocycles. The van der Waals surface area contributed by atoms with Gasteiger partial charge in [0.25, 0.3) is 5.91 Å². The molecular formula is C21H19N3O4S3. The number of ether oxygens (including phenoxy) is 1. The molecular weight excluding hydrogens is 454 g/mol. The number of amides is 1. The number of para-hydroxylation sites is 1. The molecule has 0 fully saturated rings. The third-order valence-electron chi connectivity index (χ3n) is 4.25. The highest BCUT2D eigenvalue weighted by Crippen LogP contribution is 2.33. The second-order valence-electron chi connectivity index (χ2n) is 6.53. The monoisotopic (exact) mass is 473 g/mol. The van der Waals surface area contributed by atoms with Crippen molar-refractivity contribution in [1.29, 1.82) is 0 Å². The van der Waals surface area contributed by atoms with Crippen LogP contribution in [-0.4, -0.2) is 28.5 Å². The van der Waals surface area contributed by atoms with E-state index in [1.807, 2.05) is 36.6 Å². The van der Waals surface area contributed by atoms with E-state index in [-0.39, 0.29) is 24.1 Å². The molecule has 31 heavy (non-hydrogen) atoms. The van der Waals surface area contributed by atoms with Gasteiger partial charge in [0.05, 0.1) is 18.7 Å². The number of esters is 1. The van der Waals surface area contributed by atoms with E-state index < -0.39 is 0 Å². The lowest BCUT2D eigenvalue weighted by molar-refractivity contribution is -0.142. The Labute approximate surface area is 190 Å². The molecule has 1 N–H and O–H groups in total. The molecule has 3 aromatic heterocycles. The maximum Gasteiger partial charge on any atom is 0.311 e. The van der Waals surface area contributed by atoms with Crippen LogP contribution in [0.1, 0.15) is 34.4 Å². The number of aryl methyl sites for hydroxylation is 1. The van der Waals surface area contributed by atoms with Gasteiger partial charge in [-0.2, -0.15) is 0 Å². The quantitative estimate of drug-likeness (QED) is 0.274.